The van der Waals surface area contributed by atoms with Crippen molar-refractivity contribution in [2.24, 2.45) is 5.16 Å². The molecular formula is C17H13F2N3O2. The van der Waals surface area contributed by atoms with Crippen molar-refractivity contribution in [1.29, 1.82) is 0 Å². The summed E-state index contributed by atoms with van der Waals surface area (Å²) in [6.07, 6.45) is -0.135. The molecule has 2 aliphatic heterocycles. The zero-order valence-corrected chi connectivity index (χ0v) is 12.5. The number of hydrogen-bond donors (Lipinski definition) is 2. The van der Waals surface area contributed by atoms with Gasteiger partial charge < -0.3 is 15.4 Å². The normalized spacial score (nSPS) is 20.8. The number of rotatable bonds is 1. The maximum Gasteiger partial charge on any atom is 0.255 e. The summed E-state index contributed by atoms with van der Waals surface area (Å²) in [7, 11) is 0. The van der Waals surface area contributed by atoms with Crippen molar-refractivity contribution in [1.82, 2.24) is 5.32 Å². The Labute approximate surface area is 136 Å². The van der Waals surface area contributed by atoms with Crippen molar-refractivity contribution >= 4 is 17.3 Å². The Morgan fingerprint density at radius 1 is 1.17 bits per heavy atom. The van der Waals surface area contributed by atoms with E-state index in [4.69, 9.17) is 0 Å². The Hall–Kier alpha value is -2.96. The van der Waals surface area contributed by atoms with Crippen LogP contribution in [0.25, 0.3) is 0 Å². The summed E-state index contributed by atoms with van der Waals surface area (Å²) in [6, 6.07) is 8.77. The quantitative estimate of drug-likeness (QED) is 0.625. The molecular weight excluding hydrogens is 316 g/mol. The molecule has 0 saturated heterocycles. The van der Waals surface area contributed by atoms with Crippen LogP contribution in [-0.2, 0) is 0 Å². The van der Waals surface area contributed by atoms with Gasteiger partial charge >= 0.3 is 0 Å². The number of benzene rings is 2. The molecule has 0 radical (unpaired) electrons. The van der Waals surface area contributed by atoms with Crippen molar-refractivity contribution in [2.45, 2.75) is 12.6 Å². The third-order valence-electron chi connectivity index (χ3n) is 4.43. The summed E-state index contributed by atoms with van der Waals surface area (Å²) >= 11 is 0. The third kappa shape index (κ3) is 2.05. The fourth-order valence-corrected chi connectivity index (χ4v) is 3.33. The molecule has 0 spiro atoms. The molecule has 0 saturated carbocycles. The van der Waals surface area contributed by atoms with E-state index in [0.29, 0.717) is 41.1 Å². The summed E-state index contributed by atoms with van der Waals surface area (Å²) in [5, 5.41) is 15.3. The maximum atomic E-state index is 13.6. The SMILES string of the molecule is O=C1NC(c2ccc(F)c(F)c2)N2CC/C(=N\O)c3cccc1c32. The molecule has 5 nitrogen and oxygen atoms in total. The molecule has 2 aromatic carbocycles. The van der Waals surface area contributed by atoms with Crippen molar-refractivity contribution in [2.75, 3.05) is 11.4 Å². The maximum absolute atomic E-state index is 13.6. The lowest BCUT2D eigenvalue weighted by Gasteiger charge is -2.42. The number of nitrogens with one attached hydrogen (secondary N) is 1. The van der Waals surface area contributed by atoms with Gasteiger partial charge in [0.05, 0.1) is 17.0 Å². The van der Waals surface area contributed by atoms with Crippen LogP contribution in [0.2, 0.25) is 0 Å². The highest BCUT2D eigenvalue weighted by Crippen LogP contribution is 2.39. The molecule has 24 heavy (non-hydrogen) atoms. The van der Waals surface area contributed by atoms with Gasteiger partial charge in [-0.2, -0.15) is 0 Å². The van der Waals surface area contributed by atoms with Gasteiger partial charge in [0, 0.05) is 18.5 Å². The first kappa shape index (κ1) is 14.6. The standard InChI is InChI=1S/C17H13F2N3O2/c18-12-5-4-9(8-13(12)19)16-20-17(23)11-3-1-2-10-14(21-24)6-7-22(16)15(10)11/h1-5,8,16,24H,6-7H2,(H,20,23)/b21-14+. The zero-order valence-electron chi connectivity index (χ0n) is 12.5. The Kier molecular flexibility index (Phi) is 3.23. The van der Waals surface area contributed by atoms with Gasteiger partial charge in [-0.15, -0.1) is 0 Å². The molecule has 2 aliphatic rings. The minimum absolute atomic E-state index is 0.308. The molecule has 122 valence electrons. The van der Waals surface area contributed by atoms with E-state index in [1.807, 2.05) is 4.90 Å². The predicted molar refractivity (Wildman–Crippen MR) is 83.3 cm³/mol. The van der Waals surface area contributed by atoms with E-state index >= 15 is 0 Å². The second kappa shape index (κ2) is 5.30. The number of amides is 1. The van der Waals surface area contributed by atoms with E-state index in [9.17, 15) is 18.8 Å². The average Bonchev–Trinajstić information content (AvgIpc) is 2.60. The van der Waals surface area contributed by atoms with Crippen LogP contribution in [0.4, 0.5) is 14.5 Å². The molecule has 2 aromatic rings. The molecule has 2 heterocycles. The number of nitrogens with zero attached hydrogens (tertiary/aromatic N) is 2. The van der Waals surface area contributed by atoms with Gasteiger partial charge in [0.15, 0.2) is 11.6 Å². The molecule has 0 aromatic heterocycles. The topological polar surface area (TPSA) is 64.9 Å². The van der Waals surface area contributed by atoms with Gasteiger partial charge in [-0.1, -0.05) is 23.4 Å². The summed E-state index contributed by atoms with van der Waals surface area (Å²) in [4.78, 5) is 14.4. The molecule has 2 N–H and O–H groups in total. The highest BCUT2D eigenvalue weighted by Gasteiger charge is 2.37. The minimum Gasteiger partial charge on any atom is -0.411 e. The van der Waals surface area contributed by atoms with Gasteiger partial charge in [-0.3, -0.25) is 4.79 Å². The second-order valence-corrected chi connectivity index (χ2v) is 5.74. The summed E-state index contributed by atoms with van der Waals surface area (Å²) in [5.74, 6) is -2.21. The van der Waals surface area contributed by atoms with Gasteiger partial charge in [-0.05, 0) is 23.8 Å². The van der Waals surface area contributed by atoms with E-state index < -0.39 is 17.8 Å². The van der Waals surface area contributed by atoms with Crippen LogP contribution in [0.3, 0.4) is 0 Å². The van der Waals surface area contributed by atoms with Gasteiger partial charge in [0.25, 0.3) is 5.91 Å². The Morgan fingerprint density at radius 2 is 1.96 bits per heavy atom. The number of oxime groups is 1. The van der Waals surface area contributed by atoms with Crippen molar-refractivity contribution in [3.63, 3.8) is 0 Å². The highest BCUT2D eigenvalue weighted by atomic mass is 19.2. The Balaban J connectivity index is 1.87. The summed E-state index contributed by atoms with van der Waals surface area (Å²) in [5.41, 5.74) is 2.74. The van der Waals surface area contributed by atoms with Crippen molar-refractivity contribution < 1.29 is 18.8 Å². The van der Waals surface area contributed by atoms with Crippen LogP contribution in [0.15, 0.2) is 41.6 Å². The first-order chi connectivity index (χ1) is 11.6. The largest absolute Gasteiger partial charge is 0.411 e. The van der Waals surface area contributed by atoms with Crippen molar-refractivity contribution in [3.8, 4) is 0 Å². The molecule has 1 amide bonds. The van der Waals surface area contributed by atoms with Gasteiger partial charge in [0.2, 0.25) is 0 Å². The lowest BCUT2D eigenvalue weighted by Crippen LogP contribution is -2.49. The molecule has 0 fully saturated rings. The number of para-hydroxylation sites is 1. The Morgan fingerprint density at radius 3 is 2.71 bits per heavy atom. The fraction of sp³-hybridized carbons (Fsp3) is 0.176. The van der Waals surface area contributed by atoms with E-state index in [0.717, 1.165) is 12.1 Å². The molecule has 0 aliphatic carbocycles. The molecule has 1 unspecified atom stereocenters. The molecule has 0 bridgehead atoms. The lowest BCUT2D eigenvalue weighted by atomic mass is 9.92. The van der Waals surface area contributed by atoms with Crippen LogP contribution < -0.4 is 10.2 Å². The monoisotopic (exact) mass is 329 g/mol. The number of hydrogen-bond acceptors (Lipinski definition) is 4. The highest BCUT2D eigenvalue weighted by molar-refractivity contribution is 6.13. The van der Waals surface area contributed by atoms with E-state index in [2.05, 4.69) is 10.5 Å². The second-order valence-electron chi connectivity index (χ2n) is 5.74. The first-order valence-electron chi connectivity index (χ1n) is 7.47. The molecule has 1 atom stereocenters. The van der Waals surface area contributed by atoms with Crippen LogP contribution in [0, 0.1) is 11.6 Å². The minimum atomic E-state index is -0.963. The predicted octanol–water partition coefficient (Wildman–Crippen LogP) is 2.80. The molecule has 7 heteroatoms. The average molecular weight is 329 g/mol. The van der Waals surface area contributed by atoms with Crippen LogP contribution >= 0.6 is 0 Å². The van der Waals surface area contributed by atoms with Crippen molar-refractivity contribution in [3.05, 3.63) is 64.7 Å². The van der Waals surface area contributed by atoms with Gasteiger partial charge in [-0.25, -0.2) is 8.78 Å². The fourth-order valence-electron chi connectivity index (χ4n) is 3.33. The lowest BCUT2D eigenvalue weighted by molar-refractivity contribution is 0.0926. The van der Waals surface area contributed by atoms with E-state index in [1.165, 1.54) is 6.07 Å². The first-order valence-corrected chi connectivity index (χ1v) is 7.47. The Bertz CT molecular complexity index is 882. The number of carbonyl (C=O) groups is 1. The summed E-state index contributed by atoms with van der Waals surface area (Å²) < 4.78 is 26.8. The van der Waals surface area contributed by atoms with Gasteiger partial charge in [0.1, 0.15) is 6.17 Å². The van der Waals surface area contributed by atoms with E-state index in [1.54, 1.807) is 18.2 Å². The van der Waals surface area contributed by atoms with Crippen LogP contribution in [0.1, 0.15) is 34.1 Å². The number of anilines is 1. The number of halogens is 2. The van der Waals surface area contributed by atoms with Crippen LogP contribution in [-0.4, -0.2) is 23.4 Å². The number of carbonyl (C=O) groups excluding carboxylic acids is 1. The van der Waals surface area contributed by atoms with E-state index in [-0.39, 0.29) is 5.91 Å². The van der Waals surface area contributed by atoms with Crippen LogP contribution in [0.5, 0.6) is 0 Å². The molecule has 4 rings (SSSR count). The smallest absolute Gasteiger partial charge is 0.255 e. The third-order valence-corrected chi connectivity index (χ3v) is 4.43. The summed E-state index contributed by atoms with van der Waals surface area (Å²) in [6.45, 7) is 0.480. The zero-order chi connectivity index (χ0) is 16.8.